The van der Waals surface area contributed by atoms with Crippen LogP contribution in [0.25, 0.3) is 10.9 Å². The van der Waals surface area contributed by atoms with E-state index < -0.39 is 10.0 Å². The van der Waals surface area contributed by atoms with E-state index in [1.807, 2.05) is 17.2 Å². The number of carbonyl (C=O) groups excluding carboxylic acids is 1. The van der Waals surface area contributed by atoms with E-state index in [-0.39, 0.29) is 10.8 Å². The zero-order chi connectivity index (χ0) is 21.8. The molecule has 0 bridgehead atoms. The van der Waals surface area contributed by atoms with Crippen molar-refractivity contribution in [1.82, 2.24) is 19.5 Å². The molecule has 2 aromatic carbocycles. The Morgan fingerprint density at radius 1 is 1.00 bits per heavy atom. The summed E-state index contributed by atoms with van der Waals surface area (Å²) in [4.78, 5) is 21.7. The molecule has 162 valence electrons. The Hall–Kier alpha value is -2.81. The van der Waals surface area contributed by atoms with Crippen LogP contribution in [0, 0.1) is 0 Å². The molecule has 0 atom stereocenters. The summed E-state index contributed by atoms with van der Waals surface area (Å²) in [7, 11) is -3.52. The topological polar surface area (TPSA) is 82.6 Å². The molecule has 2 heterocycles. The second-order valence-electron chi connectivity index (χ2n) is 7.59. The number of piperazine rings is 1. The van der Waals surface area contributed by atoms with Gasteiger partial charge in [0.1, 0.15) is 0 Å². The van der Waals surface area contributed by atoms with Crippen molar-refractivity contribution in [1.29, 1.82) is 0 Å². The largest absolute Gasteiger partial charge is 0.336 e. The van der Waals surface area contributed by atoms with Gasteiger partial charge in [0, 0.05) is 56.4 Å². The molecular weight excluding hydrogens is 412 g/mol. The molecule has 0 saturated carbocycles. The lowest BCUT2D eigenvalue weighted by Gasteiger charge is -2.35. The zero-order valence-electron chi connectivity index (χ0n) is 17.5. The van der Waals surface area contributed by atoms with Gasteiger partial charge in [-0.3, -0.25) is 14.7 Å². The molecule has 1 amide bonds. The molecule has 0 unspecified atom stereocenters. The van der Waals surface area contributed by atoms with Crippen molar-refractivity contribution < 1.29 is 13.2 Å². The van der Waals surface area contributed by atoms with Crippen LogP contribution in [0.1, 0.15) is 22.8 Å². The van der Waals surface area contributed by atoms with E-state index in [1.165, 1.54) is 17.7 Å². The highest BCUT2D eigenvalue weighted by Crippen LogP contribution is 2.19. The Kier molecular flexibility index (Phi) is 6.31. The monoisotopic (exact) mass is 438 g/mol. The van der Waals surface area contributed by atoms with Crippen LogP contribution in [0.15, 0.2) is 65.7 Å². The number of benzene rings is 2. The third kappa shape index (κ3) is 4.76. The molecule has 1 aliphatic heterocycles. The number of amides is 1. The molecule has 1 aromatic heterocycles. The second kappa shape index (κ2) is 9.13. The lowest BCUT2D eigenvalue weighted by Crippen LogP contribution is -2.48. The highest BCUT2D eigenvalue weighted by molar-refractivity contribution is 7.89. The fraction of sp³-hybridized carbons (Fsp3) is 0.304. The van der Waals surface area contributed by atoms with Crippen molar-refractivity contribution in [2.24, 2.45) is 0 Å². The van der Waals surface area contributed by atoms with Crippen molar-refractivity contribution in [3.05, 3.63) is 71.9 Å². The number of carbonyl (C=O) groups is 1. The minimum Gasteiger partial charge on any atom is -0.336 e. The van der Waals surface area contributed by atoms with Gasteiger partial charge in [0.15, 0.2) is 0 Å². The molecule has 1 aliphatic rings. The van der Waals surface area contributed by atoms with E-state index in [4.69, 9.17) is 0 Å². The number of pyridine rings is 1. The van der Waals surface area contributed by atoms with Gasteiger partial charge >= 0.3 is 0 Å². The Balaban J connectivity index is 1.38. The summed E-state index contributed by atoms with van der Waals surface area (Å²) in [6.07, 6.45) is 1.82. The normalized spacial score (nSPS) is 15.3. The van der Waals surface area contributed by atoms with E-state index in [0.717, 1.165) is 30.5 Å². The molecule has 1 fully saturated rings. The second-order valence-corrected chi connectivity index (χ2v) is 9.35. The first-order chi connectivity index (χ1) is 15.0. The molecule has 3 aromatic rings. The number of aromatic nitrogens is 1. The van der Waals surface area contributed by atoms with Gasteiger partial charge < -0.3 is 4.90 Å². The first kappa shape index (κ1) is 21.4. The smallest absolute Gasteiger partial charge is 0.253 e. The predicted molar refractivity (Wildman–Crippen MR) is 120 cm³/mol. The maximum Gasteiger partial charge on any atom is 0.253 e. The molecule has 1 saturated heterocycles. The van der Waals surface area contributed by atoms with Gasteiger partial charge in [-0.15, -0.1) is 0 Å². The molecule has 7 nitrogen and oxygen atoms in total. The maximum atomic E-state index is 12.9. The van der Waals surface area contributed by atoms with Gasteiger partial charge in [0.05, 0.1) is 10.4 Å². The zero-order valence-corrected chi connectivity index (χ0v) is 18.3. The van der Waals surface area contributed by atoms with E-state index in [2.05, 4.69) is 38.9 Å². The Morgan fingerprint density at radius 2 is 1.71 bits per heavy atom. The summed E-state index contributed by atoms with van der Waals surface area (Å²) in [5.74, 6) is -0.0705. The quantitative estimate of drug-likeness (QED) is 0.639. The maximum absolute atomic E-state index is 12.9. The number of fused-ring (bicyclic) bond motifs is 1. The van der Waals surface area contributed by atoms with Crippen LogP contribution in [-0.4, -0.2) is 61.8 Å². The lowest BCUT2D eigenvalue weighted by molar-refractivity contribution is 0.0628. The number of nitrogens with zero attached hydrogens (tertiary/aromatic N) is 3. The Labute approximate surface area is 182 Å². The van der Waals surface area contributed by atoms with Gasteiger partial charge in [-0.05, 0) is 35.9 Å². The summed E-state index contributed by atoms with van der Waals surface area (Å²) in [6, 6.07) is 16.4. The Morgan fingerprint density at radius 3 is 2.42 bits per heavy atom. The third-order valence-corrected chi connectivity index (χ3v) is 7.08. The van der Waals surface area contributed by atoms with Crippen LogP contribution in [0.3, 0.4) is 0 Å². The number of hydrogen-bond donors (Lipinski definition) is 1. The van der Waals surface area contributed by atoms with Crippen LogP contribution in [-0.2, 0) is 16.6 Å². The van der Waals surface area contributed by atoms with Crippen molar-refractivity contribution in [2.45, 2.75) is 18.4 Å². The van der Waals surface area contributed by atoms with Gasteiger partial charge in [0.25, 0.3) is 5.91 Å². The third-order valence-electron chi connectivity index (χ3n) is 5.52. The van der Waals surface area contributed by atoms with E-state index in [0.29, 0.717) is 25.2 Å². The van der Waals surface area contributed by atoms with Crippen molar-refractivity contribution >= 4 is 26.8 Å². The fourth-order valence-electron chi connectivity index (χ4n) is 3.88. The van der Waals surface area contributed by atoms with Crippen LogP contribution >= 0.6 is 0 Å². The van der Waals surface area contributed by atoms with Gasteiger partial charge in [-0.25, -0.2) is 13.1 Å². The minimum atomic E-state index is -3.52. The highest BCUT2D eigenvalue weighted by atomic mass is 32.2. The van der Waals surface area contributed by atoms with Crippen molar-refractivity contribution in [3.8, 4) is 0 Å². The van der Waals surface area contributed by atoms with Crippen LogP contribution in [0.2, 0.25) is 0 Å². The average Bonchev–Trinajstić information content (AvgIpc) is 2.79. The summed E-state index contributed by atoms with van der Waals surface area (Å²) in [5.41, 5.74) is 2.72. The first-order valence-corrected chi connectivity index (χ1v) is 11.9. The molecular formula is C23H26N4O3S. The molecule has 4 rings (SSSR count). The summed E-state index contributed by atoms with van der Waals surface area (Å²) < 4.78 is 26.6. The standard InChI is InChI=1S/C23H26N4O3S/c1-2-25-31(29,30)21-10-8-19(9-11-21)23(28)27-15-13-26(14-16-27)17-20-6-3-5-18-7-4-12-24-22(18)20/h3-12,25H,2,13-17H2,1H3. The number of sulfonamides is 1. The molecule has 31 heavy (non-hydrogen) atoms. The number of nitrogens with one attached hydrogen (secondary N) is 1. The predicted octanol–water partition coefficient (Wildman–Crippen LogP) is 2.49. The molecule has 0 radical (unpaired) electrons. The summed E-state index contributed by atoms with van der Waals surface area (Å²) in [6.45, 7) is 5.67. The number of para-hydroxylation sites is 1. The van der Waals surface area contributed by atoms with Crippen LogP contribution in [0.5, 0.6) is 0 Å². The van der Waals surface area contributed by atoms with E-state index in [1.54, 1.807) is 19.1 Å². The first-order valence-electron chi connectivity index (χ1n) is 10.4. The Bertz CT molecular complexity index is 1170. The highest BCUT2D eigenvalue weighted by Gasteiger charge is 2.23. The average molecular weight is 439 g/mol. The van der Waals surface area contributed by atoms with E-state index >= 15 is 0 Å². The fourth-order valence-corrected chi connectivity index (χ4v) is 4.92. The molecule has 0 aliphatic carbocycles. The van der Waals surface area contributed by atoms with Crippen molar-refractivity contribution in [3.63, 3.8) is 0 Å². The van der Waals surface area contributed by atoms with Gasteiger partial charge in [0.2, 0.25) is 10.0 Å². The number of rotatable bonds is 6. The van der Waals surface area contributed by atoms with Crippen molar-refractivity contribution in [2.75, 3.05) is 32.7 Å². The molecule has 8 heteroatoms. The number of hydrogen-bond acceptors (Lipinski definition) is 5. The summed E-state index contributed by atoms with van der Waals surface area (Å²) >= 11 is 0. The summed E-state index contributed by atoms with van der Waals surface area (Å²) in [5, 5.41) is 1.13. The van der Waals surface area contributed by atoms with Crippen LogP contribution in [0.4, 0.5) is 0 Å². The van der Waals surface area contributed by atoms with E-state index in [9.17, 15) is 13.2 Å². The molecule has 1 N–H and O–H groups in total. The minimum absolute atomic E-state index is 0.0705. The SMILES string of the molecule is CCNS(=O)(=O)c1ccc(C(=O)N2CCN(Cc3cccc4cccnc34)CC2)cc1. The molecule has 0 spiro atoms. The lowest BCUT2D eigenvalue weighted by atomic mass is 10.1. The van der Waals surface area contributed by atoms with Gasteiger partial charge in [-0.2, -0.15) is 0 Å². The van der Waals surface area contributed by atoms with Gasteiger partial charge in [-0.1, -0.05) is 31.2 Å². The van der Waals surface area contributed by atoms with Crippen LogP contribution < -0.4 is 4.72 Å².